The third-order valence-electron chi connectivity index (χ3n) is 3.38. The Morgan fingerprint density at radius 3 is 2.90 bits per heavy atom. The van der Waals surface area contributed by atoms with Gasteiger partial charge in [0.05, 0.1) is 10.5 Å². The number of nitro benzene ring substituents is 1. The van der Waals surface area contributed by atoms with Gasteiger partial charge in [0.15, 0.2) is 6.29 Å². The van der Waals surface area contributed by atoms with Gasteiger partial charge in [-0.2, -0.15) is 0 Å². The number of benzene rings is 1. The molecule has 0 saturated carbocycles. The van der Waals surface area contributed by atoms with E-state index in [2.05, 4.69) is 5.32 Å². The van der Waals surface area contributed by atoms with Gasteiger partial charge < -0.3 is 10.2 Å². The highest BCUT2D eigenvalue weighted by Crippen LogP contribution is 2.26. The Morgan fingerprint density at radius 1 is 1.55 bits per heavy atom. The van der Waals surface area contributed by atoms with Gasteiger partial charge in [0.2, 0.25) is 5.91 Å². The van der Waals surface area contributed by atoms with Crippen molar-refractivity contribution < 1.29 is 14.5 Å². The highest BCUT2D eigenvalue weighted by atomic mass is 16.6. The lowest BCUT2D eigenvalue weighted by Gasteiger charge is -2.36. The van der Waals surface area contributed by atoms with Crippen LogP contribution in [0.15, 0.2) is 18.2 Å². The average Bonchev–Trinajstić information content (AvgIpc) is 2.46. The highest BCUT2D eigenvalue weighted by Gasteiger charge is 2.29. The number of nitro groups is 1. The summed E-state index contributed by atoms with van der Waals surface area (Å²) in [7, 11) is 0. The van der Waals surface area contributed by atoms with Gasteiger partial charge >= 0.3 is 0 Å². The van der Waals surface area contributed by atoms with Crippen LogP contribution in [0.1, 0.15) is 23.7 Å². The zero-order valence-corrected chi connectivity index (χ0v) is 11.0. The van der Waals surface area contributed by atoms with E-state index in [1.54, 1.807) is 6.07 Å². The van der Waals surface area contributed by atoms with Crippen LogP contribution < -0.4 is 10.2 Å². The van der Waals surface area contributed by atoms with Crippen molar-refractivity contribution in [1.29, 1.82) is 0 Å². The molecule has 0 bridgehead atoms. The Balaban J connectivity index is 2.39. The first-order chi connectivity index (χ1) is 9.58. The van der Waals surface area contributed by atoms with Gasteiger partial charge in [-0.1, -0.05) is 6.92 Å². The van der Waals surface area contributed by atoms with Gasteiger partial charge in [0.25, 0.3) is 5.69 Å². The third-order valence-corrected chi connectivity index (χ3v) is 3.38. The molecule has 1 saturated heterocycles. The quantitative estimate of drug-likeness (QED) is 0.506. The topological polar surface area (TPSA) is 92.6 Å². The van der Waals surface area contributed by atoms with Crippen LogP contribution in [0.3, 0.4) is 0 Å². The number of nitrogens with zero attached hydrogens (tertiary/aromatic N) is 2. The number of piperazine rings is 1. The van der Waals surface area contributed by atoms with Gasteiger partial charge in [-0.3, -0.25) is 19.7 Å². The number of hydrogen-bond acceptors (Lipinski definition) is 5. The number of anilines is 1. The van der Waals surface area contributed by atoms with E-state index >= 15 is 0 Å². The fraction of sp³-hybridized carbons (Fsp3) is 0.385. The van der Waals surface area contributed by atoms with Crippen molar-refractivity contribution in [2.45, 2.75) is 19.4 Å². The Labute approximate surface area is 115 Å². The summed E-state index contributed by atoms with van der Waals surface area (Å²) in [5.41, 5.74) is 0.450. The van der Waals surface area contributed by atoms with Gasteiger partial charge in [-0.05, 0) is 18.6 Å². The zero-order chi connectivity index (χ0) is 14.7. The summed E-state index contributed by atoms with van der Waals surface area (Å²) in [6.45, 7) is 3.03. The molecule has 1 atom stereocenters. The van der Waals surface area contributed by atoms with Crippen molar-refractivity contribution in [3.63, 3.8) is 0 Å². The number of rotatable bonds is 4. The summed E-state index contributed by atoms with van der Waals surface area (Å²) in [5.74, 6) is -0.0650. The summed E-state index contributed by atoms with van der Waals surface area (Å²) in [6, 6.07) is 4.03. The van der Waals surface area contributed by atoms with Crippen molar-refractivity contribution in [3.8, 4) is 0 Å². The minimum Gasteiger partial charge on any atom is -0.358 e. The number of aldehydes is 1. The Morgan fingerprint density at radius 2 is 2.30 bits per heavy atom. The molecule has 1 fully saturated rings. The second-order valence-electron chi connectivity index (χ2n) is 4.53. The fourth-order valence-electron chi connectivity index (χ4n) is 2.41. The molecule has 7 nitrogen and oxygen atoms in total. The lowest BCUT2D eigenvalue weighted by atomic mass is 10.1. The monoisotopic (exact) mass is 277 g/mol. The van der Waals surface area contributed by atoms with Crippen molar-refractivity contribution in [3.05, 3.63) is 33.9 Å². The van der Waals surface area contributed by atoms with Crippen LogP contribution in [-0.2, 0) is 4.79 Å². The predicted molar refractivity (Wildman–Crippen MR) is 72.9 cm³/mol. The molecule has 0 aliphatic carbocycles. The Hall–Kier alpha value is -2.44. The molecule has 0 radical (unpaired) electrons. The van der Waals surface area contributed by atoms with E-state index in [9.17, 15) is 19.7 Å². The lowest BCUT2D eigenvalue weighted by Crippen LogP contribution is -2.55. The molecule has 106 valence electrons. The second-order valence-corrected chi connectivity index (χ2v) is 4.53. The Bertz CT molecular complexity index is 559. The zero-order valence-electron chi connectivity index (χ0n) is 11.0. The van der Waals surface area contributed by atoms with Crippen LogP contribution in [0.5, 0.6) is 0 Å². The van der Waals surface area contributed by atoms with E-state index in [1.807, 2.05) is 11.8 Å². The van der Waals surface area contributed by atoms with Crippen LogP contribution in [0.4, 0.5) is 11.4 Å². The van der Waals surface area contributed by atoms with Crippen molar-refractivity contribution in [2.24, 2.45) is 0 Å². The highest BCUT2D eigenvalue weighted by molar-refractivity contribution is 5.88. The molecule has 1 aliphatic heterocycles. The van der Waals surface area contributed by atoms with Gasteiger partial charge in [-0.25, -0.2) is 0 Å². The van der Waals surface area contributed by atoms with Crippen LogP contribution in [0.2, 0.25) is 0 Å². The maximum atomic E-state index is 11.8. The van der Waals surface area contributed by atoms with Gasteiger partial charge in [0.1, 0.15) is 6.04 Å². The Kier molecular flexibility index (Phi) is 3.97. The van der Waals surface area contributed by atoms with Gasteiger partial charge in [-0.15, -0.1) is 0 Å². The first-order valence-electron chi connectivity index (χ1n) is 6.36. The molecule has 1 amide bonds. The maximum Gasteiger partial charge on any atom is 0.280 e. The molecule has 0 aromatic heterocycles. The lowest BCUT2D eigenvalue weighted by molar-refractivity contribution is -0.385. The fourth-order valence-corrected chi connectivity index (χ4v) is 2.41. The number of amides is 1. The predicted octanol–water partition coefficient (Wildman–Crippen LogP) is 1.12. The van der Waals surface area contributed by atoms with Crippen LogP contribution in [-0.4, -0.2) is 36.2 Å². The molecule has 20 heavy (non-hydrogen) atoms. The number of carbonyl (C=O) groups is 2. The number of hydrogen-bond donors (Lipinski definition) is 1. The molecule has 1 unspecified atom stereocenters. The molecule has 1 heterocycles. The van der Waals surface area contributed by atoms with E-state index in [0.717, 1.165) is 0 Å². The standard InChI is InChI=1S/C13H15N3O4/c1-2-11-13(18)14-5-6-15(11)10-3-4-12(16(19)20)9(7-10)8-17/h3-4,7-8,11H,2,5-6H2,1H3,(H,14,18). The van der Waals surface area contributed by atoms with Crippen LogP contribution >= 0.6 is 0 Å². The molecule has 0 spiro atoms. The van der Waals surface area contributed by atoms with Crippen molar-refractivity contribution >= 4 is 23.6 Å². The largest absolute Gasteiger partial charge is 0.358 e. The molecular formula is C13H15N3O4. The summed E-state index contributed by atoms with van der Waals surface area (Å²) < 4.78 is 0. The first-order valence-corrected chi connectivity index (χ1v) is 6.36. The normalized spacial score (nSPS) is 18.6. The van der Waals surface area contributed by atoms with E-state index in [1.165, 1.54) is 12.1 Å². The summed E-state index contributed by atoms with van der Waals surface area (Å²) in [5, 5.41) is 13.6. The molecule has 1 N–H and O–H groups in total. The van der Waals surface area contributed by atoms with Gasteiger partial charge in [0, 0.05) is 24.8 Å². The van der Waals surface area contributed by atoms with Crippen molar-refractivity contribution in [1.82, 2.24) is 5.32 Å². The van der Waals surface area contributed by atoms with E-state index in [0.29, 0.717) is 31.5 Å². The summed E-state index contributed by atoms with van der Waals surface area (Å²) in [4.78, 5) is 34.9. The van der Waals surface area contributed by atoms with Crippen LogP contribution in [0.25, 0.3) is 0 Å². The summed E-state index contributed by atoms with van der Waals surface area (Å²) in [6.07, 6.45) is 1.09. The number of carbonyl (C=O) groups excluding carboxylic acids is 2. The molecule has 2 rings (SSSR count). The van der Waals surface area contributed by atoms with E-state index in [4.69, 9.17) is 0 Å². The third kappa shape index (κ3) is 2.47. The molecule has 1 aromatic rings. The smallest absolute Gasteiger partial charge is 0.280 e. The molecule has 7 heteroatoms. The van der Waals surface area contributed by atoms with E-state index in [-0.39, 0.29) is 23.2 Å². The molecule has 1 aromatic carbocycles. The van der Waals surface area contributed by atoms with E-state index < -0.39 is 4.92 Å². The molecular weight excluding hydrogens is 262 g/mol. The first kappa shape index (κ1) is 14.0. The van der Waals surface area contributed by atoms with Crippen LogP contribution in [0, 0.1) is 10.1 Å². The second kappa shape index (κ2) is 5.68. The average molecular weight is 277 g/mol. The number of nitrogens with one attached hydrogen (secondary N) is 1. The summed E-state index contributed by atoms with van der Waals surface area (Å²) >= 11 is 0. The SMILES string of the molecule is CCC1C(=O)NCCN1c1ccc([N+](=O)[O-])c(C=O)c1. The minimum atomic E-state index is -0.590. The van der Waals surface area contributed by atoms with Crippen molar-refractivity contribution in [2.75, 3.05) is 18.0 Å². The molecule has 1 aliphatic rings. The minimum absolute atomic E-state index is 0.0216. The maximum absolute atomic E-state index is 11.8.